The molecule has 6 nitrogen and oxygen atoms in total. The van der Waals surface area contributed by atoms with Gasteiger partial charge < -0.3 is 0 Å². The molecular formula is C12H11N5OS. The molecule has 0 aliphatic rings. The van der Waals surface area contributed by atoms with Gasteiger partial charge in [-0.05, 0) is 25.1 Å². The van der Waals surface area contributed by atoms with Crippen molar-refractivity contribution in [3.63, 3.8) is 0 Å². The lowest BCUT2D eigenvalue weighted by atomic mass is 10.2. The van der Waals surface area contributed by atoms with Crippen LogP contribution in [0, 0.1) is 0 Å². The number of nitrogens with zero attached hydrogens (tertiary/aromatic N) is 4. The van der Waals surface area contributed by atoms with Gasteiger partial charge in [0.05, 0.1) is 5.52 Å². The van der Waals surface area contributed by atoms with Crippen LogP contribution in [0.1, 0.15) is 17.3 Å². The molecule has 0 aliphatic heterocycles. The van der Waals surface area contributed by atoms with Gasteiger partial charge in [0.25, 0.3) is 5.91 Å². The Morgan fingerprint density at radius 3 is 3.11 bits per heavy atom. The Hall–Kier alpha value is -2.28. The van der Waals surface area contributed by atoms with Crippen molar-refractivity contribution in [2.45, 2.75) is 13.5 Å². The van der Waals surface area contributed by atoms with E-state index >= 15 is 0 Å². The van der Waals surface area contributed by atoms with Crippen LogP contribution in [0.25, 0.3) is 11.0 Å². The van der Waals surface area contributed by atoms with Crippen molar-refractivity contribution < 1.29 is 4.79 Å². The number of nitrogens with one attached hydrogen (secondary N) is 1. The van der Waals surface area contributed by atoms with Crippen LogP contribution in [0.3, 0.4) is 0 Å². The molecule has 3 aromatic rings. The molecule has 0 unspecified atom stereocenters. The van der Waals surface area contributed by atoms with Crippen molar-refractivity contribution in [3.8, 4) is 0 Å². The normalized spacial score (nSPS) is 10.8. The van der Waals surface area contributed by atoms with Gasteiger partial charge >= 0.3 is 0 Å². The van der Waals surface area contributed by atoms with Gasteiger partial charge in [0.15, 0.2) is 5.13 Å². The van der Waals surface area contributed by atoms with E-state index in [2.05, 4.69) is 20.6 Å². The summed E-state index contributed by atoms with van der Waals surface area (Å²) in [5.74, 6) is -0.192. The molecule has 19 heavy (non-hydrogen) atoms. The predicted molar refractivity (Wildman–Crippen MR) is 73.3 cm³/mol. The summed E-state index contributed by atoms with van der Waals surface area (Å²) in [5, 5.41) is 13.2. The minimum Gasteiger partial charge on any atom is -0.298 e. The van der Waals surface area contributed by atoms with Crippen LogP contribution in [0.5, 0.6) is 0 Å². The quantitative estimate of drug-likeness (QED) is 0.793. The molecule has 0 aliphatic carbocycles. The number of rotatable bonds is 3. The van der Waals surface area contributed by atoms with Gasteiger partial charge in [-0.15, -0.1) is 16.4 Å². The molecule has 0 saturated heterocycles. The van der Waals surface area contributed by atoms with E-state index in [9.17, 15) is 4.79 Å². The lowest BCUT2D eigenvalue weighted by molar-refractivity contribution is 0.102. The zero-order valence-electron chi connectivity index (χ0n) is 10.2. The number of carbonyl (C=O) groups is 1. The van der Waals surface area contributed by atoms with E-state index in [0.717, 1.165) is 12.1 Å². The third kappa shape index (κ3) is 2.19. The predicted octanol–water partition coefficient (Wildman–Crippen LogP) is 2.16. The van der Waals surface area contributed by atoms with Crippen LogP contribution in [0.2, 0.25) is 0 Å². The van der Waals surface area contributed by atoms with Gasteiger partial charge in [0, 0.05) is 23.7 Å². The fraction of sp³-hybridized carbons (Fsp3) is 0.167. The van der Waals surface area contributed by atoms with Crippen molar-refractivity contribution in [2.75, 3.05) is 5.32 Å². The smallest absolute Gasteiger partial charge is 0.257 e. The number of thiazole rings is 1. The number of carbonyl (C=O) groups excluding carboxylic acids is 1. The van der Waals surface area contributed by atoms with Crippen molar-refractivity contribution >= 4 is 33.4 Å². The number of anilines is 1. The first-order valence-electron chi connectivity index (χ1n) is 5.82. The van der Waals surface area contributed by atoms with E-state index in [-0.39, 0.29) is 5.91 Å². The molecule has 1 amide bonds. The number of hydrogen-bond donors (Lipinski definition) is 1. The summed E-state index contributed by atoms with van der Waals surface area (Å²) in [5.41, 5.74) is 2.19. The molecule has 0 bridgehead atoms. The van der Waals surface area contributed by atoms with Crippen LogP contribution in [-0.4, -0.2) is 25.9 Å². The summed E-state index contributed by atoms with van der Waals surface area (Å²) >= 11 is 1.38. The number of hydrogen-bond acceptors (Lipinski definition) is 5. The van der Waals surface area contributed by atoms with Gasteiger partial charge in [-0.25, -0.2) is 9.67 Å². The number of aromatic nitrogens is 4. The van der Waals surface area contributed by atoms with Gasteiger partial charge in [-0.1, -0.05) is 5.21 Å². The van der Waals surface area contributed by atoms with Crippen molar-refractivity contribution in [1.29, 1.82) is 0 Å². The van der Waals surface area contributed by atoms with Gasteiger partial charge in [0.1, 0.15) is 5.52 Å². The van der Waals surface area contributed by atoms with Gasteiger partial charge in [-0.2, -0.15) is 0 Å². The molecule has 0 fully saturated rings. The number of fused-ring (bicyclic) bond motifs is 1. The van der Waals surface area contributed by atoms with Crippen LogP contribution in [0.15, 0.2) is 29.8 Å². The zero-order chi connectivity index (χ0) is 13.2. The SMILES string of the molecule is CCn1nnc2cc(C(=O)Nc3nccs3)ccc21. The summed E-state index contributed by atoms with van der Waals surface area (Å²) < 4.78 is 1.79. The first kappa shape index (κ1) is 11.8. The molecule has 96 valence electrons. The molecule has 3 rings (SSSR count). The van der Waals surface area contributed by atoms with E-state index in [1.807, 2.05) is 18.4 Å². The molecule has 0 radical (unpaired) electrons. The molecular weight excluding hydrogens is 262 g/mol. The standard InChI is InChI=1S/C12H11N5OS/c1-2-17-10-4-3-8(7-9(10)15-16-17)11(18)14-12-13-5-6-19-12/h3-7H,2H2,1H3,(H,13,14,18). The molecule has 1 aromatic carbocycles. The van der Waals surface area contributed by atoms with E-state index in [4.69, 9.17) is 0 Å². The maximum absolute atomic E-state index is 12.0. The van der Waals surface area contributed by atoms with E-state index in [1.54, 1.807) is 23.0 Å². The van der Waals surface area contributed by atoms with Gasteiger partial charge in [0.2, 0.25) is 0 Å². The lowest BCUT2D eigenvalue weighted by Crippen LogP contribution is -2.11. The fourth-order valence-electron chi connectivity index (χ4n) is 1.80. The number of amides is 1. The minimum atomic E-state index is -0.192. The number of aryl methyl sites for hydroxylation is 1. The Balaban J connectivity index is 1.90. The highest BCUT2D eigenvalue weighted by atomic mass is 32.1. The second-order valence-corrected chi connectivity index (χ2v) is 4.79. The van der Waals surface area contributed by atoms with E-state index in [1.165, 1.54) is 11.3 Å². The van der Waals surface area contributed by atoms with Crippen LogP contribution >= 0.6 is 11.3 Å². The maximum Gasteiger partial charge on any atom is 0.257 e. The highest BCUT2D eigenvalue weighted by Gasteiger charge is 2.10. The second kappa shape index (κ2) is 4.77. The van der Waals surface area contributed by atoms with Crippen LogP contribution in [0.4, 0.5) is 5.13 Å². The molecule has 2 aromatic heterocycles. The Kier molecular flexibility index (Phi) is 2.96. The average Bonchev–Trinajstić information content (AvgIpc) is 3.06. The van der Waals surface area contributed by atoms with E-state index < -0.39 is 0 Å². The average molecular weight is 273 g/mol. The first-order valence-corrected chi connectivity index (χ1v) is 6.70. The molecule has 1 N–H and O–H groups in total. The van der Waals surface area contributed by atoms with Crippen molar-refractivity contribution in [3.05, 3.63) is 35.3 Å². The fourth-order valence-corrected chi connectivity index (χ4v) is 2.33. The third-order valence-electron chi connectivity index (χ3n) is 2.73. The molecule has 0 atom stereocenters. The summed E-state index contributed by atoms with van der Waals surface area (Å²) in [6.07, 6.45) is 1.65. The van der Waals surface area contributed by atoms with Crippen LogP contribution in [-0.2, 0) is 6.54 Å². The van der Waals surface area contributed by atoms with Crippen molar-refractivity contribution in [2.24, 2.45) is 0 Å². The topological polar surface area (TPSA) is 72.7 Å². The molecule has 2 heterocycles. The Labute approximate surface area is 113 Å². The highest BCUT2D eigenvalue weighted by Crippen LogP contribution is 2.16. The Bertz CT molecular complexity index is 719. The monoisotopic (exact) mass is 273 g/mol. The molecule has 0 saturated carbocycles. The Morgan fingerprint density at radius 2 is 2.37 bits per heavy atom. The summed E-state index contributed by atoms with van der Waals surface area (Å²) in [6.45, 7) is 2.75. The minimum absolute atomic E-state index is 0.192. The molecule has 0 spiro atoms. The second-order valence-electron chi connectivity index (χ2n) is 3.90. The molecule has 7 heteroatoms. The van der Waals surface area contributed by atoms with Gasteiger partial charge in [-0.3, -0.25) is 10.1 Å². The van der Waals surface area contributed by atoms with E-state index in [0.29, 0.717) is 16.2 Å². The maximum atomic E-state index is 12.0. The first-order chi connectivity index (χ1) is 9.28. The third-order valence-corrected chi connectivity index (χ3v) is 3.42. The Morgan fingerprint density at radius 1 is 1.47 bits per heavy atom. The highest BCUT2D eigenvalue weighted by molar-refractivity contribution is 7.13. The number of benzene rings is 1. The summed E-state index contributed by atoms with van der Waals surface area (Å²) in [6, 6.07) is 5.35. The largest absolute Gasteiger partial charge is 0.298 e. The van der Waals surface area contributed by atoms with Crippen LogP contribution < -0.4 is 5.32 Å². The van der Waals surface area contributed by atoms with Crippen molar-refractivity contribution in [1.82, 2.24) is 20.0 Å². The lowest BCUT2D eigenvalue weighted by Gasteiger charge is -2.02. The summed E-state index contributed by atoms with van der Waals surface area (Å²) in [4.78, 5) is 16.0. The zero-order valence-corrected chi connectivity index (χ0v) is 11.0. The summed E-state index contributed by atoms with van der Waals surface area (Å²) in [7, 11) is 0.